The van der Waals surface area contributed by atoms with Gasteiger partial charge in [0, 0.05) is 14.0 Å². The van der Waals surface area contributed by atoms with Crippen LogP contribution in [0.2, 0.25) is 0 Å². The van der Waals surface area contributed by atoms with Gasteiger partial charge >= 0.3 is 0 Å². The fourth-order valence-electron chi connectivity index (χ4n) is 0.0913. The van der Waals surface area contributed by atoms with Gasteiger partial charge in [0.1, 0.15) is 0 Å². The van der Waals surface area contributed by atoms with Crippen LogP contribution in [0.4, 0.5) is 0 Å². The molecule has 0 amide bonds. The van der Waals surface area contributed by atoms with Gasteiger partial charge in [-0.15, -0.1) is 0 Å². The summed E-state index contributed by atoms with van der Waals surface area (Å²) >= 11 is 0. The van der Waals surface area contributed by atoms with Gasteiger partial charge in [-0.2, -0.15) is 0 Å². The number of hydrogen-bond donors (Lipinski definition) is 0. The summed E-state index contributed by atoms with van der Waals surface area (Å²) in [4.78, 5) is 3.70. The molecular formula is C4H9NO. The predicted molar refractivity (Wildman–Crippen MR) is 26.0 cm³/mol. The van der Waals surface area contributed by atoms with Crippen LogP contribution in [-0.2, 0) is 4.74 Å². The van der Waals surface area contributed by atoms with Crippen molar-refractivity contribution in [1.29, 1.82) is 0 Å². The average Bonchev–Trinajstić information content (AvgIpc) is 1.65. The largest absolute Gasteiger partial charge is 0.485 e. The zero-order chi connectivity index (χ0) is 4.99. The maximum absolute atomic E-state index is 4.65. The second kappa shape index (κ2) is 2.69. The molecule has 0 aliphatic carbocycles. The lowest BCUT2D eigenvalue weighted by atomic mass is 10.8. The molecule has 0 saturated carbocycles. The molecule has 0 aromatic rings. The van der Waals surface area contributed by atoms with E-state index in [-0.39, 0.29) is 0 Å². The van der Waals surface area contributed by atoms with Crippen LogP contribution >= 0.6 is 0 Å². The molecule has 0 unspecified atom stereocenters. The van der Waals surface area contributed by atoms with E-state index in [9.17, 15) is 0 Å². The molecule has 0 aromatic carbocycles. The van der Waals surface area contributed by atoms with Crippen molar-refractivity contribution < 1.29 is 4.74 Å². The zero-order valence-electron chi connectivity index (χ0n) is 4.36. The quantitative estimate of drug-likeness (QED) is 0.314. The minimum atomic E-state index is 0.718. The lowest BCUT2D eigenvalue weighted by molar-refractivity contribution is 0.399. The van der Waals surface area contributed by atoms with Gasteiger partial charge in [-0.25, -0.2) is 0 Å². The zero-order valence-corrected chi connectivity index (χ0v) is 4.36. The van der Waals surface area contributed by atoms with E-state index in [4.69, 9.17) is 0 Å². The standard InChI is InChI=1S/C4H9NO/c1-4(5-2)6-3/h1-3H3/b5-4-. The van der Waals surface area contributed by atoms with Crippen LogP contribution in [0.15, 0.2) is 4.99 Å². The first-order valence-electron chi connectivity index (χ1n) is 1.78. The summed E-state index contributed by atoms with van der Waals surface area (Å²) in [5.74, 6) is 0.718. The van der Waals surface area contributed by atoms with E-state index in [2.05, 4.69) is 9.73 Å². The molecule has 2 heteroatoms. The van der Waals surface area contributed by atoms with Crippen LogP contribution in [0.25, 0.3) is 0 Å². The Kier molecular flexibility index (Phi) is 2.46. The molecule has 0 atom stereocenters. The Bertz CT molecular complexity index is 58.6. The molecule has 0 radical (unpaired) electrons. The smallest absolute Gasteiger partial charge is 0.179 e. The summed E-state index contributed by atoms with van der Waals surface area (Å²) in [5, 5.41) is 0. The molecule has 0 aliphatic rings. The lowest BCUT2D eigenvalue weighted by Crippen LogP contribution is -1.90. The molecule has 0 saturated heterocycles. The minimum absolute atomic E-state index is 0.718. The highest BCUT2D eigenvalue weighted by Gasteiger charge is 1.74. The van der Waals surface area contributed by atoms with E-state index in [0.717, 1.165) is 5.90 Å². The highest BCUT2D eigenvalue weighted by Crippen LogP contribution is 1.69. The van der Waals surface area contributed by atoms with Gasteiger partial charge in [0.2, 0.25) is 0 Å². The fourth-order valence-corrected chi connectivity index (χ4v) is 0.0913. The number of ether oxygens (including phenoxy) is 1. The van der Waals surface area contributed by atoms with Gasteiger partial charge in [0.05, 0.1) is 7.11 Å². The molecule has 0 bridgehead atoms. The molecule has 6 heavy (non-hydrogen) atoms. The summed E-state index contributed by atoms with van der Waals surface area (Å²) in [6.07, 6.45) is 0. The van der Waals surface area contributed by atoms with E-state index in [1.807, 2.05) is 0 Å². The van der Waals surface area contributed by atoms with Crippen LogP contribution in [0.5, 0.6) is 0 Å². The van der Waals surface area contributed by atoms with Crippen molar-refractivity contribution in [3.63, 3.8) is 0 Å². The van der Waals surface area contributed by atoms with Gasteiger partial charge in [0.25, 0.3) is 0 Å². The first-order chi connectivity index (χ1) is 2.81. The summed E-state index contributed by atoms with van der Waals surface area (Å²) in [5.41, 5.74) is 0. The van der Waals surface area contributed by atoms with E-state index < -0.39 is 0 Å². The van der Waals surface area contributed by atoms with Crippen molar-refractivity contribution in [3.8, 4) is 0 Å². The van der Waals surface area contributed by atoms with Crippen LogP contribution in [-0.4, -0.2) is 20.1 Å². The molecule has 0 N–H and O–H groups in total. The topological polar surface area (TPSA) is 21.6 Å². The lowest BCUT2D eigenvalue weighted by Gasteiger charge is -1.90. The third kappa shape index (κ3) is 1.76. The van der Waals surface area contributed by atoms with E-state index in [1.54, 1.807) is 21.1 Å². The van der Waals surface area contributed by atoms with E-state index >= 15 is 0 Å². The Morgan fingerprint density at radius 1 is 1.67 bits per heavy atom. The van der Waals surface area contributed by atoms with Crippen molar-refractivity contribution in [3.05, 3.63) is 0 Å². The maximum Gasteiger partial charge on any atom is 0.179 e. The normalized spacial score (nSPS) is 11.5. The third-order valence-corrected chi connectivity index (χ3v) is 0.610. The summed E-state index contributed by atoms with van der Waals surface area (Å²) in [6, 6.07) is 0. The Morgan fingerprint density at radius 2 is 2.17 bits per heavy atom. The molecule has 36 valence electrons. The SMILES string of the molecule is C/N=C(/C)OC. The molecule has 0 aromatic heterocycles. The highest BCUT2D eigenvalue weighted by molar-refractivity contribution is 5.72. The number of rotatable bonds is 0. The summed E-state index contributed by atoms with van der Waals surface area (Å²) < 4.78 is 4.65. The van der Waals surface area contributed by atoms with E-state index in [1.165, 1.54) is 0 Å². The minimum Gasteiger partial charge on any atom is -0.485 e. The molecule has 2 nitrogen and oxygen atoms in total. The van der Waals surface area contributed by atoms with Gasteiger partial charge in [-0.3, -0.25) is 4.99 Å². The van der Waals surface area contributed by atoms with Gasteiger partial charge < -0.3 is 4.74 Å². The molecular weight excluding hydrogens is 78.0 g/mol. The molecule has 0 aliphatic heterocycles. The molecule has 0 fully saturated rings. The number of nitrogens with zero attached hydrogens (tertiary/aromatic N) is 1. The van der Waals surface area contributed by atoms with Gasteiger partial charge in [-0.05, 0) is 0 Å². The molecule has 0 spiro atoms. The monoisotopic (exact) mass is 87.1 g/mol. The van der Waals surface area contributed by atoms with Crippen molar-refractivity contribution in [1.82, 2.24) is 0 Å². The molecule has 0 rings (SSSR count). The third-order valence-electron chi connectivity index (χ3n) is 0.610. The van der Waals surface area contributed by atoms with Gasteiger partial charge in [-0.1, -0.05) is 0 Å². The summed E-state index contributed by atoms with van der Waals surface area (Å²) in [7, 11) is 3.29. The van der Waals surface area contributed by atoms with Crippen LogP contribution in [0.3, 0.4) is 0 Å². The Labute approximate surface area is 37.8 Å². The first kappa shape index (κ1) is 5.47. The van der Waals surface area contributed by atoms with Crippen LogP contribution < -0.4 is 0 Å². The van der Waals surface area contributed by atoms with Crippen molar-refractivity contribution in [2.24, 2.45) is 4.99 Å². The Hall–Kier alpha value is -0.530. The fraction of sp³-hybridized carbons (Fsp3) is 0.750. The second-order valence-corrected chi connectivity index (χ2v) is 0.947. The van der Waals surface area contributed by atoms with Crippen LogP contribution in [0.1, 0.15) is 6.92 Å². The predicted octanol–water partition coefficient (Wildman–Crippen LogP) is 0.681. The van der Waals surface area contributed by atoms with Gasteiger partial charge in [0.15, 0.2) is 5.90 Å². The Morgan fingerprint density at radius 3 is 2.17 bits per heavy atom. The van der Waals surface area contributed by atoms with Crippen LogP contribution in [0, 0.1) is 0 Å². The number of hydrogen-bond acceptors (Lipinski definition) is 2. The van der Waals surface area contributed by atoms with E-state index in [0.29, 0.717) is 0 Å². The maximum atomic E-state index is 4.65. The van der Waals surface area contributed by atoms with Crippen molar-refractivity contribution in [2.45, 2.75) is 6.92 Å². The van der Waals surface area contributed by atoms with Crippen molar-refractivity contribution >= 4 is 5.90 Å². The van der Waals surface area contributed by atoms with Crippen molar-refractivity contribution in [2.75, 3.05) is 14.2 Å². The molecule has 0 heterocycles. The first-order valence-corrected chi connectivity index (χ1v) is 1.78. The Balaban J connectivity index is 3.22. The highest BCUT2D eigenvalue weighted by atomic mass is 16.5. The average molecular weight is 87.1 g/mol. The number of aliphatic imine (C=N–C) groups is 1. The second-order valence-electron chi connectivity index (χ2n) is 0.947. The summed E-state index contributed by atoms with van der Waals surface area (Å²) in [6.45, 7) is 1.81. The number of methoxy groups -OCH3 is 1.